The minimum atomic E-state index is 0.0376. The number of nitrogens with one attached hydrogen (secondary N) is 1. The van der Waals surface area contributed by atoms with Gasteiger partial charge in [0.15, 0.2) is 0 Å². The quantitative estimate of drug-likeness (QED) is 0.763. The van der Waals surface area contributed by atoms with Crippen LogP contribution in [0.4, 0.5) is 5.95 Å². The van der Waals surface area contributed by atoms with Crippen molar-refractivity contribution in [2.45, 2.75) is 71.8 Å². The Hall–Kier alpha value is -2.24. The van der Waals surface area contributed by atoms with Crippen molar-refractivity contribution < 1.29 is 9.59 Å². The number of aromatic nitrogens is 2. The lowest BCUT2D eigenvalue weighted by molar-refractivity contribution is -0.139. The summed E-state index contributed by atoms with van der Waals surface area (Å²) in [7, 11) is 1.98. The molecule has 6 heteroatoms. The van der Waals surface area contributed by atoms with Crippen LogP contribution in [0.2, 0.25) is 0 Å². The fraction of sp³-hybridized carbons (Fsp3) is 0.692. The van der Waals surface area contributed by atoms with Crippen LogP contribution in [0.15, 0.2) is 24.4 Å². The minimum absolute atomic E-state index is 0.0376. The van der Waals surface area contributed by atoms with Gasteiger partial charge in [-0.3, -0.25) is 14.9 Å². The predicted octanol–water partition coefficient (Wildman–Crippen LogP) is 4.37. The number of hydrogen-bond acceptors (Lipinski definition) is 4. The van der Waals surface area contributed by atoms with Gasteiger partial charge < -0.3 is 4.90 Å². The fourth-order valence-electron chi connectivity index (χ4n) is 8.09. The number of carbonyl (C=O) groups excluding carboxylic acids is 2. The molecule has 3 aliphatic carbocycles. The van der Waals surface area contributed by atoms with Gasteiger partial charge in [0.1, 0.15) is 0 Å². The lowest BCUT2D eigenvalue weighted by Crippen LogP contribution is -2.59. The third-order valence-electron chi connectivity index (χ3n) is 9.80. The van der Waals surface area contributed by atoms with Gasteiger partial charge in [0, 0.05) is 36.8 Å². The van der Waals surface area contributed by atoms with E-state index in [1.165, 1.54) is 25.7 Å². The monoisotopic (exact) mass is 436 g/mol. The average molecular weight is 437 g/mol. The van der Waals surface area contributed by atoms with Crippen LogP contribution in [0.1, 0.15) is 64.5 Å². The second-order valence-electron chi connectivity index (χ2n) is 11.2. The summed E-state index contributed by atoms with van der Waals surface area (Å²) in [6, 6.07) is 2.16. The Labute approximate surface area is 191 Å². The van der Waals surface area contributed by atoms with Crippen molar-refractivity contribution in [2.24, 2.45) is 34.5 Å². The van der Waals surface area contributed by atoms with Gasteiger partial charge in [-0.1, -0.05) is 19.9 Å². The van der Waals surface area contributed by atoms with Crippen molar-refractivity contribution in [3.63, 3.8) is 0 Å². The SMILES string of the molecule is Cc1ccnc(NC(=O)C[C@H]2CCC3C4CCC5N(C)C(=O)C=C[C@]5(C)C4CC[C@@]32C)n1. The highest BCUT2D eigenvalue weighted by atomic mass is 16.2. The fourth-order valence-corrected chi connectivity index (χ4v) is 8.09. The number of fused-ring (bicyclic) bond motifs is 5. The molecule has 1 aromatic heterocycles. The molecule has 32 heavy (non-hydrogen) atoms. The summed E-state index contributed by atoms with van der Waals surface area (Å²) in [5.41, 5.74) is 1.15. The molecule has 0 radical (unpaired) electrons. The van der Waals surface area contributed by atoms with Crippen LogP contribution >= 0.6 is 0 Å². The van der Waals surface area contributed by atoms with Gasteiger partial charge in [0.05, 0.1) is 0 Å². The third kappa shape index (κ3) is 3.29. The van der Waals surface area contributed by atoms with Crippen LogP contribution in [0.3, 0.4) is 0 Å². The minimum Gasteiger partial charge on any atom is -0.338 e. The van der Waals surface area contributed by atoms with Gasteiger partial charge in [-0.15, -0.1) is 0 Å². The van der Waals surface area contributed by atoms with E-state index in [1.54, 1.807) is 6.20 Å². The van der Waals surface area contributed by atoms with Crippen molar-refractivity contribution in [3.05, 3.63) is 30.1 Å². The molecule has 6 nitrogen and oxygen atoms in total. The molecular formula is C26H36N4O2. The number of carbonyl (C=O) groups is 2. The predicted molar refractivity (Wildman–Crippen MR) is 124 cm³/mol. The van der Waals surface area contributed by atoms with Crippen LogP contribution < -0.4 is 5.32 Å². The summed E-state index contributed by atoms with van der Waals surface area (Å²) < 4.78 is 0. The first kappa shape index (κ1) is 21.6. The largest absolute Gasteiger partial charge is 0.338 e. The van der Waals surface area contributed by atoms with E-state index in [0.29, 0.717) is 42.1 Å². The molecule has 2 heterocycles. The Morgan fingerprint density at radius 3 is 2.78 bits per heavy atom. The zero-order valence-electron chi connectivity index (χ0n) is 19.8. The first-order valence-electron chi connectivity index (χ1n) is 12.3. The van der Waals surface area contributed by atoms with Crippen LogP contribution in [0, 0.1) is 41.4 Å². The molecule has 0 bridgehead atoms. The number of amides is 2. The van der Waals surface area contributed by atoms with E-state index in [-0.39, 0.29) is 22.6 Å². The summed E-state index contributed by atoms with van der Waals surface area (Å²) in [5, 5.41) is 2.92. The number of aryl methyl sites for hydroxylation is 1. The van der Waals surface area contributed by atoms with Crippen LogP contribution in [0.25, 0.3) is 0 Å². The zero-order chi connectivity index (χ0) is 22.7. The summed E-state index contributed by atoms with van der Waals surface area (Å²) in [6.07, 6.45) is 13.3. The van der Waals surface area contributed by atoms with Gasteiger partial charge >= 0.3 is 0 Å². The molecule has 4 aliphatic rings. The Balaban J connectivity index is 1.31. The van der Waals surface area contributed by atoms with E-state index in [2.05, 4.69) is 35.2 Å². The first-order valence-corrected chi connectivity index (χ1v) is 12.3. The maximum absolute atomic E-state index is 12.8. The highest BCUT2D eigenvalue weighted by molar-refractivity contribution is 5.89. The molecule has 1 aliphatic heterocycles. The molecule has 7 atom stereocenters. The van der Waals surface area contributed by atoms with Crippen LogP contribution in [0.5, 0.6) is 0 Å². The average Bonchev–Trinajstić information content (AvgIpc) is 3.07. The molecule has 0 aromatic carbocycles. The van der Waals surface area contributed by atoms with Crippen molar-refractivity contribution in [3.8, 4) is 0 Å². The van der Waals surface area contributed by atoms with E-state index >= 15 is 0 Å². The standard InChI is InChI=1S/C26H36N4O2/c1-16-11-14-27-24(28-16)29-22(31)15-17-5-7-19-18-6-8-21-26(3,13-10-23(32)30(21)4)20(18)9-12-25(17,19)2/h10-11,13-14,17-21H,5-9,12,15H2,1-4H3,(H,27,28,29,31)/t17-,18?,19?,20?,21?,25-,26-/m1/s1. The second kappa shape index (κ2) is 7.67. The Bertz CT molecular complexity index is 961. The van der Waals surface area contributed by atoms with Crippen molar-refractivity contribution in [2.75, 3.05) is 12.4 Å². The second-order valence-corrected chi connectivity index (χ2v) is 11.2. The molecule has 4 unspecified atom stereocenters. The molecular weight excluding hydrogens is 400 g/mol. The van der Waals surface area contributed by atoms with E-state index < -0.39 is 0 Å². The summed E-state index contributed by atoms with van der Waals surface area (Å²) >= 11 is 0. The van der Waals surface area contributed by atoms with Gasteiger partial charge in [-0.05, 0) is 86.7 Å². The molecule has 172 valence electrons. The summed E-state index contributed by atoms with van der Waals surface area (Å²) in [5.74, 6) is 2.99. The van der Waals surface area contributed by atoms with E-state index in [1.807, 2.05) is 31.0 Å². The maximum atomic E-state index is 12.8. The zero-order valence-corrected chi connectivity index (χ0v) is 19.8. The van der Waals surface area contributed by atoms with Gasteiger partial charge in [0.2, 0.25) is 17.8 Å². The van der Waals surface area contributed by atoms with Gasteiger partial charge in [-0.2, -0.15) is 0 Å². The number of hydrogen-bond donors (Lipinski definition) is 1. The molecule has 5 rings (SSSR count). The third-order valence-corrected chi connectivity index (χ3v) is 9.80. The van der Waals surface area contributed by atoms with Gasteiger partial charge in [-0.25, -0.2) is 9.97 Å². The topological polar surface area (TPSA) is 75.2 Å². The van der Waals surface area contributed by atoms with Gasteiger partial charge in [0.25, 0.3) is 0 Å². The Kier molecular flexibility index (Phi) is 5.18. The normalized spacial score (nSPS) is 40.4. The molecule has 2 amide bonds. The lowest BCUT2D eigenvalue weighted by atomic mass is 9.47. The van der Waals surface area contributed by atoms with Crippen molar-refractivity contribution in [1.82, 2.24) is 14.9 Å². The lowest BCUT2D eigenvalue weighted by Gasteiger charge is -2.60. The van der Waals surface area contributed by atoms with Crippen LogP contribution in [-0.4, -0.2) is 39.8 Å². The highest BCUT2D eigenvalue weighted by Crippen LogP contribution is 2.65. The number of likely N-dealkylation sites (N-methyl/N-ethyl adjacent to an activating group) is 1. The Morgan fingerprint density at radius 2 is 2.00 bits per heavy atom. The molecule has 1 aromatic rings. The smallest absolute Gasteiger partial charge is 0.246 e. The Morgan fingerprint density at radius 1 is 1.19 bits per heavy atom. The molecule has 3 fully saturated rings. The first-order chi connectivity index (χ1) is 15.2. The van der Waals surface area contributed by atoms with Crippen molar-refractivity contribution >= 4 is 17.8 Å². The highest BCUT2D eigenvalue weighted by Gasteiger charge is 2.60. The van der Waals surface area contributed by atoms with E-state index in [4.69, 9.17) is 0 Å². The van der Waals surface area contributed by atoms with Crippen LogP contribution in [-0.2, 0) is 9.59 Å². The summed E-state index contributed by atoms with van der Waals surface area (Å²) in [4.78, 5) is 35.6. The summed E-state index contributed by atoms with van der Waals surface area (Å²) in [6.45, 7) is 6.74. The molecule has 0 saturated heterocycles. The molecule has 3 saturated carbocycles. The maximum Gasteiger partial charge on any atom is 0.246 e. The number of nitrogens with zero attached hydrogens (tertiary/aromatic N) is 3. The number of anilines is 1. The molecule has 0 spiro atoms. The molecule has 1 N–H and O–H groups in total. The number of rotatable bonds is 3. The van der Waals surface area contributed by atoms with E-state index in [0.717, 1.165) is 18.5 Å². The van der Waals surface area contributed by atoms with E-state index in [9.17, 15) is 9.59 Å². The van der Waals surface area contributed by atoms with Crippen molar-refractivity contribution in [1.29, 1.82) is 0 Å².